The van der Waals surface area contributed by atoms with Crippen molar-refractivity contribution in [2.24, 2.45) is 13.0 Å². The van der Waals surface area contributed by atoms with E-state index in [4.69, 9.17) is 14.7 Å². The van der Waals surface area contributed by atoms with Crippen LogP contribution in [0.25, 0.3) is 33.6 Å². The monoisotopic (exact) mass is 585 g/mol. The lowest BCUT2D eigenvalue weighted by molar-refractivity contribution is 0.0733. The van der Waals surface area contributed by atoms with Gasteiger partial charge < -0.3 is 23.3 Å². The molecular weight excluding hydrogens is 545 g/mol. The number of aromatic nitrogens is 6. The first-order valence-electron chi connectivity index (χ1n) is 15.5. The van der Waals surface area contributed by atoms with E-state index in [2.05, 4.69) is 28.6 Å². The van der Waals surface area contributed by atoms with Gasteiger partial charge in [-0.15, -0.1) is 0 Å². The summed E-state index contributed by atoms with van der Waals surface area (Å²) in [6.07, 6.45) is 9.00. The summed E-state index contributed by atoms with van der Waals surface area (Å²) >= 11 is 0. The van der Waals surface area contributed by atoms with E-state index in [0.29, 0.717) is 49.5 Å². The number of imidazole rings is 2. The standard InChI is InChI=1S/C31H34FN7O2.C2H6/c1-20(38-14-11-33-19-38)18-41-27-6-3-5-22-15-26(39(28(22)27)17-21-7-8-21)30-35-25-16-23-24(34-29(25)36(30)2)9-13-37(31(23)40)12-4-10-32;1-2/h3,5-6,11,14-16,19-21H,4,7-10,12-13,17-18H2,1-2H3;1-2H3. The molecule has 2 aliphatic rings. The van der Waals surface area contributed by atoms with Gasteiger partial charge in [-0.2, -0.15) is 0 Å². The Hall–Kier alpha value is -4.21. The number of nitrogens with zero attached hydrogens (tertiary/aromatic N) is 7. The quantitative estimate of drug-likeness (QED) is 0.194. The second kappa shape index (κ2) is 12.2. The van der Waals surface area contributed by atoms with E-state index in [9.17, 15) is 9.18 Å². The van der Waals surface area contributed by atoms with Crippen LogP contribution >= 0.6 is 0 Å². The van der Waals surface area contributed by atoms with E-state index < -0.39 is 6.67 Å². The predicted molar refractivity (Wildman–Crippen MR) is 166 cm³/mol. The van der Waals surface area contributed by atoms with Crippen LogP contribution in [0.1, 0.15) is 62.1 Å². The van der Waals surface area contributed by atoms with E-state index >= 15 is 0 Å². The van der Waals surface area contributed by atoms with E-state index in [1.807, 2.05) is 60.8 Å². The SMILES string of the molecule is CC.CC(COc1cccc2cc(-c3nc4cc5c(nc4n3C)CCN(CCCF)C5=O)n(CC3CC3)c12)n1ccnc1. The fourth-order valence-electron chi connectivity index (χ4n) is 5.90. The number of carbonyl (C=O) groups is 1. The van der Waals surface area contributed by atoms with Crippen molar-refractivity contribution >= 4 is 28.0 Å². The Balaban J connectivity index is 0.00000161. The van der Waals surface area contributed by atoms with Crippen molar-refractivity contribution < 1.29 is 13.9 Å². The molecule has 0 N–H and O–H groups in total. The smallest absolute Gasteiger partial charge is 0.255 e. The van der Waals surface area contributed by atoms with Crippen LogP contribution < -0.4 is 4.74 Å². The van der Waals surface area contributed by atoms with Gasteiger partial charge in [-0.3, -0.25) is 9.18 Å². The van der Waals surface area contributed by atoms with Gasteiger partial charge in [0, 0.05) is 50.9 Å². The van der Waals surface area contributed by atoms with Crippen LogP contribution in [0.5, 0.6) is 5.75 Å². The maximum absolute atomic E-state index is 13.2. The highest BCUT2D eigenvalue weighted by molar-refractivity contribution is 5.99. The normalized spacial score (nSPS) is 15.5. The van der Waals surface area contributed by atoms with E-state index in [-0.39, 0.29) is 11.9 Å². The molecule has 1 amide bonds. The summed E-state index contributed by atoms with van der Waals surface area (Å²) in [4.78, 5) is 29.0. The third-order valence-corrected chi connectivity index (χ3v) is 8.39. The zero-order valence-electron chi connectivity index (χ0n) is 25.5. The van der Waals surface area contributed by atoms with Gasteiger partial charge in [-0.05, 0) is 50.3 Å². The summed E-state index contributed by atoms with van der Waals surface area (Å²) in [7, 11) is 1.99. The number of carbonyl (C=O) groups excluding carboxylic acids is 1. The molecular formula is C33H40FN7O2. The molecule has 1 fully saturated rings. The molecule has 4 aromatic heterocycles. The van der Waals surface area contributed by atoms with Crippen molar-refractivity contribution in [3.63, 3.8) is 0 Å². The molecule has 0 radical (unpaired) electrons. The van der Waals surface area contributed by atoms with Crippen LogP contribution in [-0.4, -0.2) is 65.8 Å². The Labute approximate surface area is 251 Å². The molecule has 10 heteroatoms. The number of benzene rings is 1. The maximum Gasteiger partial charge on any atom is 0.255 e. The lowest BCUT2D eigenvalue weighted by Gasteiger charge is -2.27. The fraction of sp³-hybridized carbons (Fsp3) is 0.455. The first kappa shape index (κ1) is 28.9. The van der Waals surface area contributed by atoms with Gasteiger partial charge in [-0.25, -0.2) is 15.0 Å². The zero-order chi connectivity index (χ0) is 30.1. The summed E-state index contributed by atoms with van der Waals surface area (Å²) in [6, 6.07) is 10.4. The van der Waals surface area contributed by atoms with Crippen LogP contribution in [0.3, 0.4) is 0 Å². The number of aryl methyl sites for hydroxylation is 1. The predicted octanol–water partition coefficient (Wildman–Crippen LogP) is 6.22. The molecule has 7 rings (SSSR count). The molecule has 226 valence electrons. The number of hydrogen-bond donors (Lipinski definition) is 0. The lowest BCUT2D eigenvalue weighted by atomic mass is 10.0. The molecule has 1 atom stereocenters. The van der Waals surface area contributed by atoms with Crippen molar-refractivity contribution in [3.8, 4) is 17.3 Å². The van der Waals surface area contributed by atoms with Crippen molar-refractivity contribution in [3.05, 3.63) is 60.3 Å². The summed E-state index contributed by atoms with van der Waals surface area (Å²) in [5, 5.41) is 1.10. The number of ether oxygens (including phenoxy) is 1. The minimum absolute atomic E-state index is 0.0872. The van der Waals surface area contributed by atoms with Crippen LogP contribution in [0, 0.1) is 5.92 Å². The van der Waals surface area contributed by atoms with Crippen LogP contribution in [0.15, 0.2) is 49.1 Å². The minimum atomic E-state index is -0.428. The van der Waals surface area contributed by atoms with Crippen molar-refractivity contribution in [1.29, 1.82) is 0 Å². The highest BCUT2D eigenvalue weighted by Crippen LogP contribution is 2.39. The number of alkyl halides is 1. The third kappa shape index (κ3) is 5.50. The summed E-state index contributed by atoms with van der Waals surface area (Å²) in [5.41, 5.74) is 4.90. The molecule has 5 aromatic rings. The average molecular weight is 586 g/mol. The van der Waals surface area contributed by atoms with Gasteiger partial charge >= 0.3 is 0 Å². The first-order valence-corrected chi connectivity index (χ1v) is 15.5. The Kier molecular flexibility index (Phi) is 8.19. The molecule has 1 aromatic carbocycles. The summed E-state index contributed by atoms with van der Waals surface area (Å²) in [6.45, 7) is 8.10. The van der Waals surface area contributed by atoms with Crippen LogP contribution in [0.2, 0.25) is 0 Å². The molecule has 43 heavy (non-hydrogen) atoms. The van der Waals surface area contributed by atoms with Crippen molar-refractivity contribution in [2.45, 2.75) is 59.0 Å². The van der Waals surface area contributed by atoms with E-state index in [1.165, 1.54) is 12.8 Å². The minimum Gasteiger partial charge on any atom is -0.489 e. The molecule has 0 spiro atoms. The molecule has 1 aliphatic carbocycles. The number of fused-ring (bicyclic) bond motifs is 3. The van der Waals surface area contributed by atoms with E-state index in [1.54, 1.807) is 11.1 Å². The summed E-state index contributed by atoms with van der Waals surface area (Å²) < 4.78 is 25.6. The Morgan fingerprint density at radius 3 is 2.74 bits per heavy atom. The number of para-hydroxylation sites is 1. The third-order valence-electron chi connectivity index (χ3n) is 8.39. The highest BCUT2D eigenvalue weighted by atomic mass is 19.1. The number of amides is 1. The van der Waals surface area contributed by atoms with Crippen molar-refractivity contribution in [2.75, 3.05) is 26.4 Å². The van der Waals surface area contributed by atoms with Gasteiger partial charge in [0.2, 0.25) is 0 Å². The first-order chi connectivity index (χ1) is 21.0. The Bertz CT molecular complexity index is 1740. The van der Waals surface area contributed by atoms with Crippen molar-refractivity contribution in [1.82, 2.24) is 33.6 Å². The number of pyridine rings is 1. The maximum atomic E-state index is 13.2. The highest BCUT2D eigenvalue weighted by Gasteiger charge is 2.29. The number of rotatable bonds is 10. The molecule has 1 unspecified atom stereocenters. The number of hydrogen-bond acceptors (Lipinski definition) is 5. The molecule has 5 heterocycles. The molecule has 9 nitrogen and oxygen atoms in total. The average Bonchev–Trinajstić information content (AvgIpc) is 3.39. The van der Waals surface area contributed by atoms with Gasteiger partial charge in [0.25, 0.3) is 5.91 Å². The second-order valence-electron chi connectivity index (χ2n) is 11.4. The molecule has 1 saturated carbocycles. The van der Waals surface area contributed by atoms with Gasteiger partial charge in [-0.1, -0.05) is 26.0 Å². The lowest BCUT2D eigenvalue weighted by Crippen LogP contribution is -2.38. The Morgan fingerprint density at radius 1 is 1.16 bits per heavy atom. The van der Waals surface area contributed by atoms with E-state index in [0.717, 1.165) is 46.1 Å². The largest absolute Gasteiger partial charge is 0.489 e. The topological polar surface area (TPSA) is 83.0 Å². The molecule has 1 aliphatic heterocycles. The van der Waals surface area contributed by atoms with Gasteiger partial charge in [0.05, 0.1) is 41.5 Å². The molecule has 0 saturated heterocycles. The summed E-state index contributed by atoms with van der Waals surface area (Å²) in [5.74, 6) is 2.21. The Morgan fingerprint density at radius 2 is 2.00 bits per heavy atom. The van der Waals surface area contributed by atoms with Crippen LogP contribution in [-0.2, 0) is 20.0 Å². The zero-order valence-corrected chi connectivity index (χ0v) is 25.5. The van der Waals surface area contributed by atoms with Gasteiger partial charge in [0.15, 0.2) is 11.5 Å². The fourth-order valence-corrected chi connectivity index (χ4v) is 5.90. The number of halogens is 1. The van der Waals surface area contributed by atoms with Crippen LogP contribution in [0.4, 0.5) is 4.39 Å². The van der Waals surface area contributed by atoms with Gasteiger partial charge in [0.1, 0.15) is 17.9 Å². The molecule has 0 bridgehead atoms. The second-order valence-corrected chi connectivity index (χ2v) is 11.4.